The monoisotopic (exact) mass is 317 g/mol. The average Bonchev–Trinajstić information content (AvgIpc) is 2.44. The first-order valence-corrected chi connectivity index (χ1v) is 7.26. The number of amides is 1. The minimum absolute atomic E-state index is 0.158. The number of halogens is 3. The van der Waals surface area contributed by atoms with Crippen LogP contribution in [0.15, 0.2) is 18.2 Å². The summed E-state index contributed by atoms with van der Waals surface area (Å²) in [5.74, 6) is -1.39. The van der Waals surface area contributed by atoms with Crippen molar-refractivity contribution in [3.8, 4) is 0 Å². The molecule has 1 N–H and O–H groups in total. The van der Waals surface area contributed by atoms with Crippen LogP contribution in [0.4, 0.5) is 4.39 Å². The zero-order valence-corrected chi connectivity index (χ0v) is 12.2. The summed E-state index contributed by atoms with van der Waals surface area (Å²) in [5.41, 5.74) is -0.953. The predicted molar refractivity (Wildman–Crippen MR) is 75.4 cm³/mol. The number of carbonyl (C=O) groups is 2. The Morgan fingerprint density at radius 3 is 2.80 bits per heavy atom. The molecule has 0 spiro atoms. The van der Waals surface area contributed by atoms with Gasteiger partial charge in [-0.2, -0.15) is 0 Å². The maximum Gasteiger partial charge on any atom is 0.235 e. The van der Waals surface area contributed by atoms with E-state index in [0.717, 1.165) is 12.8 Å². The van der Waals surface area contributed by atoms with E-state index in [2.05, 4.69) is 5.32 Å². The summed E-state index contributed by atoms with van der Waals surface area (Å²) < 4.78 is 13.5. The number of carbonyl (C=O) groups excluding carboxylic acids is 2. The van der Waals surface area contributed by atoms with Crippen molar-refractivity contribution in [2.75, 3.05) is 5.88 Å². The standard InChI is InChI=1S/C14H14Cl2FNO2/c15-8-13(20)18-14(6-2-1-3-12(14)19)10-7-9(17)4-5-11(10)16/h4-5,7H,1-3,6,8H2,(H,18,20). The third-order valence-electron chi connectivity index (χ3n) is 3.54. The van der Waals surface area contributed by atoms with Crippen molar-refractivity contribution < 1.29 is 14.0 Å². The van der Waals surface area contributed by atoms with Crippen molar-refractivity contribution in [3.63, 3.8) is 0 Å². The fourth-order valence-corrected chi connectivity index (χ4v) is 2.95. The fourth-order valence-electron chi connectivity index (χ4n) is 2.61. The molecule has 1 aliphatic carbocycles. The van der Waals surface area contributed by atoms with Crippen LogP contribution in [0.3, 0.4) is 0 Å². The minimum Gasteiger partial charge on any atom is -0.339 e. The Morgan fingerprint density at radius 1 is 1.40 bits per heavy atom. The quantitative estimate of drug-likeness (QED) is 0.870. The second kappa shape index (κ2) is 6.10. The number of rotatable bonds is 3. The van der Waals surface area contributed by atoms with Gasteiger partial charge >= 0.3 is 0 Å². The molecule has 20 heavy (non-hydrogen) atoms. The summed E-state index contributed by atoms with van der Waals surface area (Å²) in [5, 5.41) is 2.91. The molecular formula is C14H14Cl2FNO2. The van der Waals surface area contributed by atoms with Gasteiger partial charge in [-0.25, -0.2) is 4.39 Å². The molecule has 1 amide bonds. The van der Waals surface area contributed by atoms with E-state index in [1.54, 1.807) is 0 Å². The van der Waals surface area contributed by atoms with Crippen molar-refractivity contribution in [2.24, 2.45) is 0 Å². The second-order valence-corrected chi connectivity index (χ2v) is 5.52. The van der Waals surface area contributed by atoms with Gasteiger partial charge < -0.3 is 5.32 Å². The number of alkyl halides is 1. The lowest BCUT2D eigenvalue weighted by Crippen LogP contribution is -2.53. The third-order valence-corrected chi connectivity index (χ3v) is 4.12. The number of nitrogens with one attached hydrogen (secondary N) is 1. The Kier molecular flexibility index (Phi) is 4.66. The van der Waals surface area contributed by atoms with Gasteiger partial charge in [0.25, 0.3) is 0 Å². The molecule has 1 aromatic rings. The van der Waals surface area contributed by atoms with Crippen LogP contribution in [0.5, 0.6) is 0 Å². The predicted octanol–water partition coefficient (Wildman–Crippen LogP) is 3.17. The Balaban J connectivity index is 2.53. The van der Waals surface area contributed by atoms with Crippen LogP contribution < -0.4 is 5.32 Å². The molecule has 1 unspecified atom stereocenters. The molecule has 0 radical (unpaired) electrons. The van der Waals surface area contributed by atoms with E-state index in [0.29, 0.717) is 18.4 Å². The van der Waals surface area contributed by atoms with Gasteiger partial charge in [0.1, 0.15) is 17.2 Å². The average molecular weight is 318 g/mol. The van der Waals surface area contributed by atoms with Gasteiger partial charge in [0.05, 0.1) is 0 Å². The van der Waals surface area contributed by atoms with E-state index >= 15 is 0 Å². The largest absolute Gasteiger partial charge is 0.339 e. The van der Waals surface area contributed by atoms with E-state index in [4.69, 9.17) is 23.2 Å². The first-order valence-electron chi connectivity index (χ1n) is 6.35. The van der Waals surface area contributed by atoms with E-state index in [9.17, 15) is 14.0 Å². The molecular weight excluding hydrogens is 304 g/mol. The maximum absolute atomic E-state index is 13.5. The normalized spacial score (nSPS) is 22.6. The van der Waals surface area contributed by atoms with Crippen molar-refractivity contribution >= 4 is 34.9 Å². The summed E-state index contributed by atoms with van der Waals surface area (Å²) >= 11 is 11.6. The third kappa shape index (κ3) is 2.81. The molecule has 3 nitrogen and oxygen atoms in total. The van der Waals surface area contributed by atoms with Crippen LogP contribution in [0.1, 0.15) is 31.2 Å². The highest BCUT2D eigenvalue weighted by molar-refractivity contribution is 6.32. The smallest absolute Gasteiger partial charge is 0.235 e. The summed E-state index contributed by atoms with van der Waals surface area (Å²) in [6.07, 6.45) is 2.23. The lowest BCUT2D eigenvalue weighted by atomic mass is 9.75. The number of hydrogen-bond donors (Lipinski definition) is 1. The van der Waals surface area contributed by atoms with E-state index in [-0.39, 0.29) is 16.7 Å². The molecule has 108 valence electrons. The van der Waals surface area contributed by atoms with E-state index < -0.39 is 17.3 Å². The van der Waals surface area contributed by atoms with Gasteiger partial charge in [-0.1, -0.05) is 11.6 Å². The minimum atomic E-state index is -1.26. The highest BCUT2D eigenvalue weighted by atomic mass is 35.5. The number of benzene rings is 1. The highest BCUT2D eigenvalue weighted by Gasteiger charge is 2.44. The van der Waals surface area contributed by atoms with Crippen LogP contribution in [0, 0.1) is 5.82 Å². The van der Waals surface area contributed by atoms with Crippen molar-refractivity contribution in [3.05, 3.63) is 34.6 Å². The van der Waals surface area contributed by atoms with Crippen molar-refractivity contribution in [1.82, 2.24) is 5.32 Å². The molecule has 0 aliphatic heterocycles. The van der Waals surface area contributed by atoms with Gasteiger partial charge in [0.15, 0.2) is 5.78 Å². The molecule has 0 aromatic heterocycles. The van der Waals surface area contributed by atoms with Crippen LogP contribution >= 0.6 is 23.2 Å². The van der Waals surface area contributed by atoms with E-state index in [1.165, 1.54) is 18.2 Å². The number of ketones is 1. The Morgan fingerprint density at radius 2 is 2.15 bits per heavy atom. The molecule has 1 aromatic carbocycles. The van der Waals surface area contributed by atoms with E-state index in [1.807, 2.05) is 0 Å². The first-order chi connectivity index (χ1) is 9.49. The molecule has 1 saturated carbocycles. The van der Waals surface area contributed by atoms with Crippen LogP contribution in [-0.2, 0) is 15.1 Å². The van der Waals surface area contributed by atoms with Gasteiger partial charge in [-0.05, 0) is 37.5 Å². The van der Waals surface area contributed by atoms with Crippen LogP contribution in [0.2, 0.25) is 5.02 Å². The molecule has 0 bridgehead atoms. The maximum atomic E-state index is 13.5. The molecule has 6 heteroatoms. The molecule has 2 rings (SSSR count). The first kappa shape index (κ1) is 15.3. The molecule has 0 saturated heterocycles. The zero-order valence-electron chi connectivity index (χ0n) is 10.7. The summed E-state index contributed by atoms with van der Waals surface area (Å²) in [6, 6.07) is 3.82. The second-order valence-electron chi connectivity index (χ2n) is 4.84. The topological polar surface area (TPSA) is 46.2 Å². The van der Waals surface area contributed by atoms with Crippen LogP contribution in [-0.4, -0.2) is 17.6 Å². The molecule has 1 fully saturated rings. The Bertz CT molecular complexity index is 550. The molecule has 1 aliphatic rings. The van der Waals surface area contributed by atoms with Crippen LogP contribution in [0.25, 0.3) is 0 Å². The Labute approximate surface area is 126 Å². The lowest BCUT2D eigenvalue weighted by molar-refractivity contribution is -0.133. The number of hydrogen-bond acceptors (Lipinski definition) is 2. The summed E-state index contributed by atoms with van der Waals surface area (Å²) in [6.45, 7) is 0. The summed E-state index contributed by atoms with van der Waals surface area (Å²) in [7, 11) is 0. The highest BCUT2D eigenvalue weighted by Crippen LogP contribution is 2.38. The van der Waals surface area contributed by atoms with Gasteiger partial charge in [0.2, 0.25) is 5.91 Å². The molecule has 1 atom stereocenters. The zero-order chi connectivity index (χ0) is 14.8. The SMILES string of the molecule is O=C(CCl)NC1(c2cc(F)ccc2Cl)CCCCC1=O. The van der Waals surface area contributed by atoms with Crippen molar-refractivity contribution in [1.29, 1.82) is 0 Å². The van der Waals surface area contributed by atoms with Crippen molar-refractivity contribution in [2.45, 2.75) is 31.2 Å². The molecule has 0 heterocycles. The lowest BCUT2D eigenvalue weighted by Gasteiger charge is -2.37. The Hall–Kier alpha value is -1.13. The van der Waals surface area contributed by atoms with Gasteiger partial charge in [-0.3, -0.25) is 9.59 Å². The van der Waals surface area contributed by atoms with Gasteiger partial charge in [0, 0.05) is 17.0 Å². The number of Topliss-reactive ketones (excluding diaryl/α,β-unsaturated/α-hetero) is 1. The fraction of sp³-hybridized carbons (Fsp3) is 0.429. The summed E-state index contributed by atoms with van der Waals surface area (Å²) in [4.78, 5) is 24.1. The van der Waals surface area contributed by atoms with Gasteiger partial charge in [-0.15, -0.1) is 11.6 Å².